The highest BCUT2D eigenvalue weighted by molar-refractivity contribution is 7.92. The Balaban J connectivity index is 1.66. The fourth-order valence-corrected chi connectivity index (χ4v) is 3.79. The third-order valence-electron chi connectivity index (χ3n) is 4.43. The Hall–Kier alpha value is -2.45. The summed E-state index contributed by atoms with van der Waals surface area (Å²) in [5, 5.41) is 2.22. The van der Waals surface area contributed by atoms with Crippen LogP contribution < -0.4 is 10.2 Å². The Morgan fingerprint density at radius 2 is 1.78 bits per heavy atom. The summed E-state index contributed by atoms with van der Waals surface area (Å²) in [5.41, 5.74) is 1.36. The zero-order chi connectivity index (χ0) is 19.4. The minimum atomic E-state index is -3.35. The highest BCUT2D eigenvalue weighted by atomic mass is 32.2. The second kappa shape index (κ2) is 8.06. The third kappa shape index (κ3) is 4.45. The number of nitrogens with zero attached hydrogens (tertiary/aromatic N) is 2. The van der Waals surface area contributed by atoms with Gasteiger partial charge >= 0.3 is 0 Å². The lowest BCUT2D eigenvalue weighted by molar-refractivity contribution is 0.102. The van der Waals surface area contributed by atoms with E-state index in [2.05, 4.69) is 15.2 Å². The molecule has 0 radical (unpaired) electrons. The number of hydrogen-bond acceptors (Lipinski definition) is 6. The first-order valence-corrected chi connectivity index (χ1v) is 10.4. The van der Waals surface area contributed by atoms with Crippen molar-refractivity contribution in [1.29, 1.82) is 0 Å². The van der Waals surface area contributed by atoms with Gasteiger partial charge in [0.05, 0.1) is 35.2 Å². The number of carbonyl (C=O) groups is 1. The molecule has 0 unspecified atom stereocenters. The highest BCUT2D eigenvalue weighted by Crippen LogP contribution is 2.19. The van der Waals surface area contributed by atoms with Gasteiger partial charge in [-0.05, 0) is 50.2 Å². The van der Waals surface area contributed by atoms with Crippen LogP contribution in [-0.4, -0.2) is 50.9 Å². The molecule has 1 aromatic heterocycles. The fourth-order valence-electron chi connectivity index (χ4n) is 2.73. The Morgan fingerprint density at radius 1 is 1.11 bits per heavy atom. The lowest BCUT2D eigenvalue weighted by atomic mass is 10.2. The Kier molecular flexibility index (Phi) is 5.76. The van der Waals surface area contributed by atoms with Crippen LogP contribution in [0, 0.1) is 0 Å². The number of amides is 1. The van der Waals surface area contributed by atoms with Gasteiger partial charge in [0.1, 0.15) is 5.82 Å². The standard InChI is InChI=1S/C19H23N3O4S/c1-14(2)27(24,25)17-6-3-15(4-7-17)19(23)21-18-8-5-16(13-20-18)22-9-11-26-12-10-22/h3-8,13-14H,9-12H2,1-2H3,(H,20,21,23). The van der Waals surface area contributed by atoms with Crippen molar-refractivity contribution in [3.63, 3.8) is 0 Å². The van der Waals surface area contributed by atoms with Crippen LogP contribution in [0.3, 0.4) is 0 Å². The number of sulfone groups is 1. The van der Waals surface area contributed by atoms with E-state index in [0.717, 1.165) is 18.8 Å². The molecule has 1 N–H and O–H groups in total. The maximum Gasteiger partial charge on any atom is 0.256 e. The third-order valence-corrected chi connectivity index (χ3v) is 6.60. The summed E-state index contributed by atoms with van der Waals surface area (Å²) in [6.45, 7) is 6.28. The van der Waals surface area contributed by atoms with E-state index < -0.39 is 15.1 Å². The predicted molar refractivity (Wildman–Crippen MR) is 104 cm³/mol. The summed E-state index contributed by atoms with van der Waals surface area (Å²) in [6, 6.07) is 9.59. The summed E-state index contributed by atoms with van der Waals surface area (Å²) >= 11 is 0. The number of ether oxygens (including phenoxy) is 1. The van der Waals surface area contributed by atoms with Crippen molar-refractivity contribution in [2.45, 2.75) is 24.0 Å². The van der Waals surface area contributed by atoms with E-state index in [1.807, 2.05) is 6.07 Å². The molecule has 27 heavy (non-hydrogen) atoms. The normalized spacial score (nSPS) is 15.0. The molecule has 8 heteroatoms. The maximum absolute atomic E-state index is 12.4. The second-order valence-electron chi connectivity index (χ2n) is 6.57. The maximum atomic E-state index is 12.4. The predicted octanol–water partition coefficient (Wildman–Crippen LogP) is 2.35. The Bertz CT molecular complexity index is 888. The molecule has 1 aliphatic heterocycles. The molecular formula is C19H23N3O4S. The van der Waals surface area contributed by atoms with Gasteiger partial charge in [-0.25, -0.2) is 13.4 Å². The van der Waals surface area contributed by atoms with Crippen LogP contribution in [0.4, 0.5) is 11.5 Å². The molecule has 1 aliphatic rings. The van der Waals surface area contributed by atoms with E-state index >= 15 is 0 Å². The first kappa shape index (κ1) is 19.3. The quantitative estimate of drug-likeness (QED) is 0.844. The van der Waals surface area contributed by atoms with Crippen molar-refractivity contribution in [3.05, 3.63) is 48.2 Å². The molecule has 0 bridgehead atoms. The molecule has 0 aliphatic carbocycles. The van der Waals surface area contributed by atoms with Crippen molar-refractivity contribution in [3.8, 4) is 0 Å². The molecule has 1 amide bonds. The summed E-state index contributed by atoms with van der Waals surface area (Å²) in [7, 11) is -3.35. The van der Waals surface area contributed by atoms with Crippen LogP contribution in [0.1, 0.15) is 24.2 Å². The number of anilines is 2. The summed E-state index contributed by atoms with van der Waals surface area (Å²) in [5.74, 6) is 0.103. The van der Waals surface area contributed by atoms with Gasteiger partial charge in [-0.1, -0.05) is 0 Å². The number of aromatic nitrogens is 1. The van der Waals surface area contributed by atoms with Gasteiger partial charge in [0.25, 0.3) is 5.91 Å². The fraction of sp³-hybridized carbons (Fsp3) is 0.368. The summed E-state index contributed by atoms with van der Waals surface area (Å²) in [4.78, 5) is 19.0. The first-order chi connectivity index (χ1) is 12.9. The number of nitrogens with one attached hydrogen (secondary N) is 1. The van der Waals surface area contributed by atoms with E-state index in [1.54, 1.807) is 26.1 Å². The molecule has 3 rings (SSSR count). The minimum Gasteiger partial charge on any atom is -0.378 e. The van der Waals surface area contributed by atoms with Crippen LogP contribution in [-0.2, 0) is 14.6 Å². The van der Waals surface area contributed by atoms with Crippen molar-refractivity contribution in [2.75, 3.05) is 36.5 Å². The lowest BCUT2D eigenvalue weighted by Crippen LogP contribution is -2.36. The Labute approximate surface area is 159 Å². The number of hydrogen-bond donors (Lipinski definition) is 1. The number of morpholine rings is 1. The van der Waals surface area contributed by atoms with Crippen LogP contribution >= 0.6 is 0 Å². The van der Waals surface area contributed by atoms with E-state index in [0.29, 0.717) is 24.6 Å². The number of carbonyl (C=O) groups excluding carboxylic acids is 1. The van der Waals surface area contributed by atoms with E-state index in [9.17, 15) is 13.2 Å². The van der Waals surface area contributed by atoms with Crippen LogP contribution in [0.5, 0.6) is 0 Å². The van der Waals surface area contributed by atoms with Gasteiger partial charge in [0, 0.05) is 18.7 Å². The number of rotatable bonds is 5. The summed E-state index contributed by atoms with van der Waals surface area (Å²) < 4.78 is 29.6. The topological polar surface area (TPSA) is 88.6 Å². The SMILES string of the molecule is CC(C)S(=O)(=O)c1ccc(C(=O)Nc2ccc(N3CCOCC3)cn2)cc1. The zero-order valence-electron chi connectivity index (χ0n) is 15.4. The molecule has 1 saturated heterocycles. The van der Waals surface area contributed by atoms with Gasteiger partial charge in [-0.3, -0.25) is 4.79 Å². The minimum absolute atomic E-state index is 0.210. The van der Waals surface area contributed by atoms with Crippen molar-refractivity contribution in [1.82, 2.24) is 4.98 Å². The average molecular weight is 389 g/mol. The zero-order valence-corrected chi connectivity index (χ0v) is 16.2. The molecule has 2 heterocycles. The van der Waals surface area contributed by atoms with Crippen molar-refractivity contribution < 1.29 is 17.9 Å². The van der Waals surface area contributed by atoms with Gasteiger partial charge in [-0.15, -0.1) is 0 Å². The van der Waals surface area contributed by atoms with Gasteiger partial charge in [0.15, 0.2) is 9.84 Å². The van der Waals surface area contributed by atoms with Crippen LogP contribution in [0.15, 0.2) is 47.5 Å². The lowest BCUT2D eigenvalue weighted by Gasteiger charge is -2.28. The highest BCUT2D eigenvalue weighted by Gasteiger charge is 2.19. The number of benzene rings is 1. The molecule has 2 aromatic rings. The van der Waals surface area contributed by atoms with Gasteiger partial charge in [0.2, 0.25) is 0 Å². The van der Waals surface area contributed by atoms with Gasteiger partial charge < -0.3 is 15.0 Å². The summed E-state index contributed by atoms with van der Waals surface area (Å²) in [6.07, 6.45) is 1.72. The molecule has 1 fully saturated rings. The van der Waals surface area contributed by atoms with Crippen LogP contribution in [0.25, 0.3) is 0 Å². The molecule has 0 saturated carbocycles. The monoisotopic (exact) mass is 389 g/mol. The molecule has 0 atom stereocenters. The molecule has 0 spiro atoms. The largest absolute Gasteiger partial charge is 0.378 e. The average Bonchev–Trinajstić information content (AvgIpc) is 2.69. The second-order valence-corrected chi connectivity index (χ2v) is 9.08. The van der Waals surface area contributed by atoms with E-state index in [-0.39, 0.29) is 10.8 Å². The van der Waals surface area contributed by atoms with Crippen molar-refractivity contribution in [2.24, 2.45) is 0 Å². The first-order valence-electron chi connectivity index (χ1n) is 8.82. The molecule has 144 valence electrons. The van der Waals surface area contributed by atoms with Crippen LogP contribution in [0.2, 0.25) is 0 Å². The molecule has 1 aromatic carbocycles. The van der Waals surface area contributed by atoms with E-state index in [4.69, 9.17) is 4.74 Å². The molecular weight excluding hydrogens is 366 g/mol. The smallest absolute Gasteiger partial charge is 0.256 e. The van der Waals surface area contributed by atoms with Gasteiger partial charge in [-0.2, -0.15) is 0 Å². The Morgan fingerprint density at radius 3 is 2.33 bits per heavy atom. The molecule has 7 nitrogen and oxygen atoms in total. The number of pyridine rings is 1. The van der Waals surface area contributed by atoms with E-state index in [1.165, 1.54) is 24.3 Å². The van der Waals surface area contributed by atoms with Crippen molar-refractivity contribution >= 4 is 27.2 Å².